The van der Waals surface area contributed by atoms with Crippen LogP contribution in [0, 0.1) is 5.92 Å². The van der Waals surface area contributed by atoms with Gasteiger partial charge in [-0.25, -0.2) is 9.97 Å². The number of hydrogen-bond acceptors (Lipinski definition) is 2. The number of nitrogens with zero attached hydrogens (tertiary/aromatic N) is 4. The lowest BCUT2D eigenvalue weighted by Crippen LogP contribution is -2.04. The minimum Gasteiger partial charge on any atom is -0.312 e. The second-order valence-corrected chi connectivity index (χ2v) is 14.5. The molecule has 53 heavy (non-hydrogen) atoms. The average molecular weight is 677 g/mol. The molecule has 7 aromatic carbocycles. The molecule has 2 aliphatic carbocycles. The van der Waals surface area contributed by atoms with Crippen molar-refractivity contribution < 1.29 is 0 Å². The van der Waals surface area contributed by atoms with Gasteiger partial charge in [-0.2, -0.15) is 0 Å². The van der Waals surface area contributed by atoms with Crippen LogP contribution >= 0.6 is 0 Å². The zero-order chi connectivity index (χ0) is 34.6. The Morgan fingerprint density at radius 1 is 0.509 bits per heavy atom. The molecule has 3 aromatic heterocycles. The van der Waals surface area contributed by atoms with E-state index in [2.05, 4.69) is 179 Å². The molecule has 0 aliphatic heterocycles. The van der Waals surface area contributed by atoms with Crippen molar-refractivity contribution in [2.75, 3.05) is 0 Å². The summed E-state index contributed by atoms with van der Waals surface area (Å²) >= 11 is 0. The summed E-state index contributed by atoms with van der Waals surface area (Å²) in [5.74, 6) is 1.84. The summed E-state index contributed by atoms with van der Waals surface area (Å²) in [6.45, 7) is 0. The highest BCUT2D eigenvalue weighted by Crippen LogP contribution is 2.56. The van der Waals surface area contributed by atoms with Crippen LogP contribution in [0.25, 0.3) is 94.5 Å². The number of para-hydroxylation sites is 2. The topological polar surface area (TPSA) is 35.6 Å². The molecular formula is C49H32N4. The molecular weight excluding hydrogens is 645 g/mol. The maximum Gasteiger partial charge on any atom is 0.235 e. The van der Waals surface area contributed by atoms with Gasteiger partial charge in [0.1, 0.15) is 0 Å². The second kappa shape index (κ2) is 10.9. The lowest BCUT2D eigenvalue weighted by Gasteiger charge is -2.14. The Morgan fingerprint density at radius 2 is 1.13 bits per heavy atom. The zero-order valence-corrected chi connectivity index (χ0v) is 28.8. The van der Waals surface area contributed by atoms with Crippen molar-refractivity contribution in [3.63, 3.8) is 0 Å². The molecule has 248 valence electrons. The third-order valence-electron chi connectivity index (χ3n) is 11.6. The van der Waals surface area contributed by atoms with Gasteiger partial charge in [0.05, 0.1) is 27.9 Å². The van der Waals surface area contributed by atoms with Gasteiger partial charge in [0, 0.05) is 50.1 Å². The lowest BCUT2D eigenvalue weighted by molar-refractivity contribution is 0.897. The Morgan fingerprint density at radius 3 is 1.85 bits per heavy atom. The predicted octanol–water partition coefficient (Wildman–Crippen LogP) is 12.3. The Hall–Kier alpha value is -6.78. The summed E-state index contributed by atoms with van der Waals surface area (Å²) in [5.41, 5.74) is 11.4. The van der Waals surface area contributed by atoms with E-state index in [1.807, 2.05) is 0 Å². The van der Waals surface area contributed by atoms with Gasteiger partial charge in [0.2, 0.25) is 5.95 Å². The summed E-state index contributed by atoms with van der Waals surface area (Å²) in [4.78, 5) is 11.0. The number of benzene rings is 7. The van der Waals surface area contributed by atoms with Crippen LogP contribution in [0.1, 0.15) is 23.6 Å². The molecule has 12 rings (SSSR count). The predicted molar refractivity (Wildman–Crippen MR) is 219 cm³/mol. The van der Waals surface area contributed by atoms with Crippen LogP contribution in [0.15, 0.2) is 164 Å². The summed E-state index contributed by atoms with van der Waals surface area (Å²) in [6.07, 6.45) is 6.02. The summed E-state index contributed by atoms with van der Waals surface area (Å²) in [7, 11) is 0. The first kappa shape index (κ1) is 28.9. The molecule has 0 amide bonds. The number of fused-ring (bicyclic) bond motifs is 11. The van der Waals surface area contributed by atoms with E-state index in [9.17, 15) is 0 Å². The van der Waals surface area contributed by atoms with Gasteiger partial charge in [0.15, 0.2) is 0 Å². The zero-order valence-electron chi connectivity index (χ0n) is 28.8. The molecule has 0 spiro atoms. The highest BCUT2D eigenvalue weighted by Gasteiger charge is 2.43. The van der Waals surface area contributed by atoms with Gasteiger partial charge in [-0.05, 0) is 64.2 Å². The molecule has 1 fully saturated rings. The minimum atomic E-state index is 0.551. The molecule has 0 bridgehead atoms. The highest BCUT2D eigenvalue weighted by atomic mass is 15.2. The number of hydrogen-bond donors (Lipinski definition) is 0. The van der Waals surface area contributed by atoms with Crippen LogP contribution in [0.2, 0.25) is 0 Å². The van der Waals surface area contributed by atoms with Crippen LogP contribution in [0.3, 0.4) is 0 Å². The van der Waals surface area contributed by atoms with E-state index in [0.717, 1.165) is 33.5 Å². The van der Waals surface area contributed by atoms with E-state index in [1.165, 1.54) is 66.6 Å². The third-order valence-corrected chi connectivity index (χ3v) is 11.6. The molecule has 0 N–H and O–H groups in total. The summed E-state index contributed by atoms with van der Waals surface area (Å²) in [5, 5.41) is 8.44. The highest BCUT2D eigenvalue weighted by molar-refractivity contribution is 6.22. The summed E-state index contributed by atoms with van der Waals surface area (Å²) in [6, 6.07) is 56.6. The van der Waals surface area contributed by atoms with Gasteiger partial charge in [0.25, 0.3) is 0 Å². The lowest BCUT2D eigenvalue weighted by atomic mass is 9.99. The van der Waals surface area contributed by atoms with Crippen molar-refractivity contribution in [1.29, 1.82) is 0 Å². The van der Waals surface area contributed by atoms with Crippen LogP contribution < -0.4 is 0 Å². The Bertz CT molecular complexity index is 3060. The van der Waals surface area contributed by atoms with Crippen LogP contribution in [0.5, 0.6) is 0 Å². The van der Waals surface area contributed by atoms with E-state index < -0.39 is 0 Å². The summed E-state index contributed by atoms with van der Waals surface area (Å²) < 4.78 is 4.86. The largest absolute Gasteiger partial charge is 0.312 e. The maximum absolute atomic E-state index is 5.48. The maximum atomic E-state index is 5.48. The molecule has 0 radical (unpaired) electrons. The van der Waals surface area contributed by atoms with Gasteiger partial charge < -0.3 is 4.57 Å². The molecule has 4 nitrogen and oxygen atoms in total. The fraction of sp³-hybridized carbons (Fsp3) is 0.0612. The molecule has 2 aliphatic rings. The Kier molecular flexibility index (Phi) is 5.92. The van der Waals surface area contributed by atoms with Crippen molar-refractivity contribution >= 4 is 60.3 Å². The number of allylic oxidation sites excluding steroid dienone is 1. The average Bonchev–Trinajstić information content (AvgIpc) is 3.84. The second-order valence-electron chi connectivity index (χ2n) is 14.5. The van der Waals surface area contributed by atoms with Crippen LogP contribution in [-0.2, 0) is 0 Å². The quantitative estimate of drug-likeness (QED) is 0.186. The molecule has 10 aromatic rings. The molecule has 4 heteroatoms. The van der Waals surface area contributed by atoms with Crippen molar-refractivity contribution in [2.45, 2.75) is 12.3 Å². The fourth-order valence-electron chi connectivity index (χ4n) is 9.14. The SMILES string of the molecule is C1=CC2CC2c2c1c1ccc3c(c4ccccc4n3-c3nc(-c4cccc5ccccc45)cc(-c4cccc5ccccc45)n3)c1n2-c1ccccc1. The first-order valence-corrected chi connectivity index (χ1v) is 18.5. The van der Waals surface area contributed by atoms with E-state index >= 15 is 0 Å². The van der Waals surface area contributed by atoms with E-state index in [0.29, 0.717) is 17.8 Å². The standard InChI is InChI=1S/C49H32N4/c1-2-16-33(17-3-1)52-47-38(25-24-32-28-41(32)47)39-26-27-45-46(48(39)52)40-20-8-9-23-44(40)53(45)49-50-42(36-21-10-14-30-12-4-6-18-34(30)36)29-43(51-49)37-22-11-15-31-13-5-7-19-35(31)37/h1-27,29,32,41H,28H2. The number of aromatic nitrogens is 4. The monoisotopic (exact) mass is 676 g/mol. The first-order chi connectivity index (χ1) is 26.3. The van der Waals surface area contributed by atoms with Gasteiger partial charge in [-0.1, -0.05) is 140 Å². The van der Waals surface area contributed by atoms with Gasteiger partial charge in [-0.15, -0.1) is 0 Å². The molecule has 3 heterocycles. The van der Waals surface area contributed by atoms with Gasteiger partial charge in [-0.3, -0.25) is 4.57 Å². The van der Waals surface area contributed by atoms with Crippen LogP contribution in [-0.4, -0.2) is 19.1 Å². The van der Waals surface area contributed by atoms with E-state index in [1.54, 1.807) is 0 Å². The van der Waals surface area contributed by atoms with Crippen LogP contribution in [0.4, 0.5) is 0 Å². The number of rotatable bonds is 4. The molecule has 0 saturated heterocycles. The van der Waals surface area contributed by atoms with Crippen molar-refractivity contribution in [3.8, 4) is 34.2 Å². The fourth-order valence-corrected chi connectivity index (χ4v) is 9.14. The molecule has 2 atom stereocenters. The van der Waals surface area contributed by atoms with E-state index in [-0.39, 0.29) is 0 Å². The Balaban J connectivity index is 1.21. The minimum absolute atomic E-state index is 0.551. The Labute approximate surface area is 305 Å². The molecule has 2 unspecified atom stereocenters. The van der Waals surface area contributed by atoms with Crippen molar-refractivity contribution in [1.82, 2.24) is 19.1 Å². The smallest absolute Gasteiger partial charge is 0.235 e. The van der Waals surface area contributed by atoms with Gasteiger partial charge >= 0.3 is 0 Å². The first-order valence-electron chi connectivity index (χ1n) is 18.5. The van der Waals surface area contributed by atoms with E-state index in [4.69, 9.17) is 9.97 Å². The van der Waals surface area contributed by atoms with Crippen molar-refractivity contribution in [2.24, 2.45) is 5.92 Å². The molecule has 1 saturated carbocycles. The normalized spacial score (nSPS) is 16.2. The van der Waals surface area contributed by atoms with Crippen molar-refractivity contribution in [3.05, 3.63) is 175 Å². The third kappa shape index (κ3) is 4.18.